The number of nitrogens with zero attached hydrogens (tertiary/aromatic N) is 3. The van der Waals surface area contributed by atoms with Gasteiger partial charge in [0.2, 0.25) is 0 Å². The van der Waals surface area contributed by atoms with Crippen LogP contribution in [0.1, 0.15) is 47.9 Å². The summed E-state index contributed by atoms with van der Waals surface area (Å²) in [6.07, 6.45) is 3.76. The number of aromatic nitrogens is 3. The number of rotatable bonds is 1. The van der Waals surface area contributed by atoms with Gasteiger partial charge in [-0.25, -0.2) is 4.39 Å². The Morgan fingerprint density at radius 1 is 1.11 bits per heavy atom. The van der Waals surface area contributed by atoms with E-state index in [1.54, 1.807) is 6.07 Å². The highest BCUT2D eigenvalue weighted by Gasteiger charge is 2.54. The lowest BCUT2D eigenvalue weighted by molar-refractivity contribution is 0.248. The molecule has 2 bridgehead atoms. The molecule has 0 unspecified atom stereocenters. The molecule has 2 saturated carbocycles. The Bertz CT molecular complexity index is 1110. The number of anilines is 1. The van der Waals surface area contributed by atoms with Crippen molar-refractivity contribution in [1.82, 2.24) is 15.4 Å². The minimum Gasteiger partial charge on any atom is -0.378 e. The molecule has 2 heterocycles. The van der Waals surface area contributed by atoms with Crippen molar-refractivity contribution < 1.29 is 4.39 Å². The first kappa shape index (κ1) is 15.2. The fourth-order valence-electron chi connectivity index (χ4n) is 6.03. The van der Waals surface area contributed by atoms with Gasteiger partial charge < -0.3 is 5.32 Å². The van der Waals surface area contributed by atoms with Gasteiger partial charge >= 0.3 is 0 Å². The van der Waals surface area contributed by atoms with E-state index in [1.165, 1.54) is 30.9 Å². The molecule has 1 aromatic heterocycles. The van der Waals surface area contributed by atoms with Crippen LogP contribution in [0, 0.1) is 34.9 Å². The third kappa shape index (κ3) is 1.97. The first-order valence-electron chi connectivity index (χ1n) is 9.54. The van der Waals surface area contributed by atoms with E-state index < -0.39 is 5.82 Å². The summed E-state index contributed by atoms with van der Waals surface area (Å²) in [4.78, 5) is 0. The second-order valence-electron chi connectivity index (χ2n) is 8.13. The Hall–Kier alpha value is -2.94. The highest BCUT2D eigenvalue weighted by molar-refractivity contribution is 5.85. The summed E-state index contributed by atoms with van der Waals surface area (Å²) in [6.45, 7) is 0. The molecule has 2 N–H and O–H groups in total. The summed E-state index contributed by atoms with van der Waals surface area (Å²) in [6, 6.07) is 11.1. The summed E-state index contributed by atoms with van der Waals surface area (Å²) in [5.41, 5.74) is 5.38. The van der Waals surface area contributed by atoms with Crippen molar-refractivity contribution >= 4 is 16.7 Å². The lowest BCUT2D eigenvalue weighted by atomic mass is 9.67. The summed E-state index contributed by atoms with van der Waals surface area (Å²) in [5, 5.41) is 24.5. The molecule has 0 amide bonds. The molecule has 0 saturated heterocycles. The van der Waals surface area contributed by atoms with Crippen molar-refractivity contribution in [2.75, 3.05) is 5.32 Å². The van der Waals surface area contributed by atoms with Crippen LogP contribution in [0.2, 0.25) is 0 Å². The molecule has 1 aliphatic heterocycles. The number of benzene rings is 2. The number of nitriles is 1. The average molecular weight is 359 g/mol. The fourth-order valence-corrected chi connectivity index (χ4v) is 6.03. The van der Waals surface area contributed by atoms with E-state index >= 15 is 0 Å². The Morgan fingerprint density at radius 2 is 2.00 bits per heavy atom. The summed E-state index contributed by atoms with van der Waals surface area (Å²) in [7, 11) is 0. The lowest BCUT2D eigenvalue weighted by Gasteiger charge is -2.43. The molecule has 27 heavy (non-hydrogen) atoms. The second kappa shape index (κ2) is 5.29. The van der Waals surface area contributed by atoms with E-state index in [1.807, 2.05) is 18.2 Å². The maximum absolute atomic E-state index is 13.9. The van der Waals surface area contributed by atoms with Gasteiger partial charge in [-0.05, 0) is 72.8 Å². The normalized spacial score (nSPS) is 30.6. The molecule has 3 aliphatic rings. The van der Waals surface area contributed by atoms with Gasteiger partial charge in [0, 0.05) is 11.3 Å². The third-order valence-corrected chi connectivity index (χ3v) is 7.01. The Labute approximate surface area is 155 Å². The first-order valence-corrected chi connectivity index (χ1v) is 9.54. The number of hydrogen-bond acceptors (Lipinski definition) is 4. The van der Waals surface area contributed by atoms with Gasteiger partial charge in [0.25, 0.3) is 0 Å². The highest BCUT2D eigenvalue weighted by Crippen LogP contribution is 2.64. The van der Waals surface area contributed by atoms with Crippen LogP contribution in [-0.4, -0.2) is 15.4 Å². The van der Waals surface area contributed by atoms with Gasteiger partial charge in [0.1, 0.15) is 22.9 Å². The Morgan fingerprint density at radius 3 is 2.89 bits per heavy atom. The molecule has 2 aromatic carbocycles. The molecule has 2 fully saturated rings. The lowest BCUT2D eigenvalue weighted by Crippen LogP contribution is -2.35. The van der Waals surface area contributed by atoms with Crippen molar-refractivity contribution in [3.8, 4) is 6.07 Å². The maximum Gasteiger partial charge on any atom is 0.140 e. The van der Waals surface area contributed by atoms with Crippen molar-refractivity contribution in [3.05, 3.63) is 52.8 Å². The van der Waals surface area contributed by atoms with Crippen LogP contribution in [0.3, 0.4) is 0 Å². The number of aromatic amines is 1. The zero-order chi connectivity index (χ0) is 18.1. The van der Waals surface area contributed by atoms with Gasteiger partial charge in [-0.2, -0.15) is 20.7 Å². The number of fused-ring (bicyclic) bond motifs is 9. The molecule has 5 nitrogen and oxygen atoms in total. The second-order valence-corrected chi connectivity index (χ2v) is 8.13. The van der Waals surface area contributed by atoms with Crippen LogP contribution in [0.15, 0.2) is 30.3 Å². The van der Waals surface area contributed by atoms with Gasteiger partial charge in [0.05, 0.1) is 11.6 Å². The fraction of sp³-hybridized carbons (Fsp3) is 0.381. The van der Waals surface area contributed by atoms with E-state index in [2.05, 4.69) is 26.8 Å². The Balaban J connectivity index is 1.55. The molecule has 134 valence electrons. The molecule has 2 aliphatic carbocycles. The van der Waals surface area contributed by atoms with Crippen molar-refractivity contribution in [1.29, 1.82) is 5.26 Å². The van der Waals surface area contributed by atoms with Gasteiger partial charge in [0.15, 0.2) is 0 Å². The standard InChI is InChI=1S/C21H18FN5/c22-14-4-3-12(8-13(14)9-23)20-18-11-2-1-10(7-11)17(18)19-15(24-20)5-6-16-21(19)26-27-25-16/h3-6,8,10-11,17-18,20,24H,1-2,7H2,(H,25,26,27)/t10-,11-,17+,18-,20+/m1/s1. The number of halogens is 1. The van der Waals surface area contributed by atoms with Crippen molar-refractivity contribution in [2.24, 2.45) is 17.8 Å². The smallest absolute Gasteiger partial charge is 0.140 e. The predicted octanol–water partition coefficient (Wildman–Crippen LogP) is 4.27. The van der Waals surface area contributed by atoms with Crippen LogP contribution in [0.25, 0.3) is 11.0 Å². The number of H-pyrrole nitrogens is 1. The van der Waals surface area contributed by atoms with Crippen LogP contribution >= 0.6 is 0 Å². The molecule has 3 aromatic rings. The van der Waals surface area contributed by atoms with Gasteiger partial charge in [-0.1, -0.05) is 6.07 Å². The van der Waals surface area contributed by atoms with Crippen molar-refractivity contribution in [3.63, 3.8) is 0 Å². The summed E-state index contributed by atoms with van der Waals surface area (Å²) in [5.74, 6) is 1.75. The van der Waals surface area contributed by atoms with Crippen LogP contribution in [0.4, 0.5) is 10.1 Å². The highest BCUT2D eigenvalue weighted by atomic mass is 19.1. The quantitative estimate of drug-likeness (QED) is 0.680. The van der Waals surface area contributed by atoms with E-state index in [0.717, 1.165) is 22.3 Å². The maximum atomic E-state index is 13.9. The molecule has 5 atom stereocenters. The average Bonchev–Trinajstić information content (AvgIpc) is 3.43. The molecule has 6 rings (SSSR count). The van der Waals surface area contributed by atoms with E-state index in [9.17, 15) is 9.65 Å². The van der Waals surface area contributed by atoms with Gasteiger partial charge in [-0.3, -0.25) is 0 Å². The number of nitrogens with one attached hydrogen (secondary N) is 2. The zero-order valence-corrected chi connectivity index (χ0v) is 14.6. The minimum atomic E-state index is -0.453. The molecule has 0 spiro atoms. The molecular formula is C21H18FN5. The van der Waals surface area contributed by atoms with E-state index in [-0.39, 0.29) is 11.6 Å². The Kier molecular flexibility index (Phi) is 2.97. The summed E-state index contributed by atoms with van der Waals surface area (Å²) >= 11 is 0. The van der Waals surface area contributed by atoms with Crippen LogP contribution in [-0.2, 0) is 0 Å². The van der Waals surface area contributed by atoms with Crippen molar-refractivity contribution in [2.45, 2.75) is 31.2 Å². The monoisotopic (exact) mass is 359 g/mol. The largest absolute Gasteiger partial charge is 0.378 e. The molecule has 6 heteroatoms. The first-order chi connectivity index (χ1) is 13.2. The predicted molar refractivity (Wildman–Crippen MR) is 98.4 cm³/mol. The van der Waals surface area contributed by atoms with Crippen LogP contribution in [0.5, 0.6) is 0 Å². The zero-order valence-electron chi connectivity index (χ0n) is 14.6. The van der Waals surface area contributed by atoms with Crippen LogP contribution < -0.4 is 5.32 Å². The van der Waals surface area contributed by atoms with E-state index in [4.69, 9.17) is 0 Å². The van der Waals surface area contributed by atoms with E-state index in [0.29, 0.717) is 23.7 Å². The minimum absolute atomic E-state index is 0.0925. The van der Waals surface area contributed by atoms with Gasteiger partial charge in [-0.15, -0.1) is 0 Å². The topological polar surface area (TPSA) is 77.4 Å². The third-order valence-electron chi connectivity index (χ3n) is 7.01. The summed E-state index contributed by atoms with van der Waals surface area (Å²) < 4.78 is 13.9. The number of hydrogen-bond donors (Lipinski definition) is 2. The molecular weight excluding hydrogens is 341 g/mol. The molecule has 0 radical (unpaired) electrons. The SMILES string of the molecule is N#Cc1cc([C@@H]2Nc3ccc4n[nH]nc4c3[C@H]3[C@@H]4CC[C@H](C4)[C@H]32)ccc1F.